The Morgan fingerprint density at radius 1 is 0.750 bits per heavy atom. The molecule has 0 spiro atoms. The van der Waals surface area contributed by atoms with Crippen molar-refractivity contribution in [2.45, 2.75) is 37.5 Å². The zero-order valence-corrected chi connectivity index (χ0v) is 14.1. The van der Waals surface area contributed by atoms with Crippen LogP contribution in [0, 0.1) is 23.7 Å². The van der Waals surface area contributed by atoms with E-state index >= 15 is 0 Å². The zero-order valence-electron chi connectivity index (χ0n) is 14.1. The second kappa shape index (κ2) is 5.02. The Morgan fingerprint density at radius 2 is 1.29 bits per heavy atom. The van der Waals surface area contributed by atoms with Gasteiger partial charge in [-0.25, -0.2) is 0 Å². The highest BCUT2D eigenvalue weighted by Crippen LogP contribution is 2.68. The largest absolute Gasteiger partial charge is 0.399 e. The van der Waals surface area contributed by atoms with Gasteiger partial charge in [-0.2, -0.15) is 0 Å². The van der Waals surface area contributed by atoms with Gasteiger partial charge in [-0.05, 0) is 84.7 Å². The van der Waals surface area contributed by atoms with E-state index in [-0.39, 0.29) is 5.41 Å². The van der Waals surface area contributed by atoms with Crippen LogP contribution in [0.3, 0.4) is 0 Å². The van der Waals surface area contributed by atoms with Crippen molar-refractivity contribution < 1.29 is 0 Å². The lowest BCUT2D eigenvalue weighted by atomic mass is 9.59. The summed E-state index contributed by atoms with van der Waals surface area (Å²) in [5.41, 5.74) is 16.7. The standard InChI is InChI=1S/C22H26N2/c23-17-8-4-15(5-9-17)22(16-6-10-18(24)11-7-16)13-14-12-21(22)20-3-1-2-19(14)20/h4-11,14,19-21H,1-3,12-13,23-24H2. The van der Waals surface area contributed by atoms with E-state index in [1.54, 1.807) is 0 Å². The van der Waals surface area contributed by atoms with E-state index in [0.29, 0.717) is 0 Å². The van der Waals surface area contributed by atoms with Gasteiger partial charge in [-0.15, -0.1) is 0 Å². The van der Waals surface area contributed by atoms with Crippen LogP contribution in [-0.4, -0.2) is 0 Å². The summed E-state index contributed by atoms with van der Waals surface area (Å²) in [6.07, 6.45) is 7.03. The molecule has 2 aromatic carbocycles. The Kier molecular flexibility index (Phi) is 3.01. The number of nitrogen functional groups attached to an aromatic ring is 2. The molecule has 4 atom stereocenters. The van der Waals surface area contributed by atoms with Crippen molar-refractivity contribution in [1.82, 2.24) is 0 Å². The van der Waals surface area contributed by atoms with Gasteiger partial charge >= 0.3 is 0 Å². The summed E-state index contributed by atoms with van der Waals surface area (Å²) in [7, 11) is 0. The molecule has 4 N–H and O–H groups in total. The summed E-state index contributed by atoms with van der Waals surface area (Å²) in [5.74, 6) is 3.59. The summed E-state index contributed by atoms with van der Waals surface area (Å²) >= 11 is 0. The highest BCUT2D eigenvalue weighted by Gasteiger charge is 2.61. The molecule has 2 heteroatoms. The van der Waals surface area contributed by atoms with Crippen LogP contribution < -0.4 is 11.5 Å². The molecule has 0 amide bonds. The van der Waals surface area contributed by atoms with E-state index in [1.165, 1.54) is 43.2 Å². The first-order valence-electron chi connectivity index (χ1n) is 9.40. The first-order valence-corrected chi connectivity index (χ1v) is 9.40. The third kappa shape index (κ3) is 1.83. The monoisotopic (exact) mass is 318 g/mol. The molecule has 3 aliphatic rings. The Balaban J connectivity index is 1.67. The molecule has 3 fully saturated rings. The number of hydrogen-bond acceptors (Lipinski definition) is 2. The van der Waals surface area contributed by atoms with E-state index in [0.717, 1.165) is 35.0 Å². The molecule has 124 valence electrons. The van der Waals surface area contributed by atoms with Gasteiger partial charge in [0.25, 0.3) is 0 Å². The van der Waals surface area contributed by atoms with E-state index in [1.807, 2.05) is 0 Å². The fourth-order valence-corrected chi connectivity index (χ4v) is 6.54. The molecule has 2 bridgehead atoms. The Bertz CT molecular complexity index is 701. The van der Waals surface area contributed by atoms with Gasteiger partial charge in [0.2, 0.25) is 0 Å². The Labute approximate surface area is 144 Å². The fourth-order valence-electron chi connectivity index (χ4n) is 6.54. The molecule has 0 aromatic heterocycles. The second-order valence-electron chi connectivity index (χ2n) is 8.28. The lowest BCUT2D eigenvalue weighted by molar-refractivity contribution is 0.181. The van der Waals surface area contributed by atoms with Gasteiger partial charge in [-0.1, -0.05) is 30.7 Å². The molecule has 24 heavy (non-hydrogen) atoms. The molecule has 0 saturated heterocycles. The van der Waals surface area contributed by atoms with Crippen molar-refractivity contribution in [2.24, 2.45) is 23.7 Å². The summed E-state index contributed by atoms with van der Waals surface area (Å²) in [4.78, 5) is 0. The second-order valence-corrected chi connectivity index (χ2v) is 8.28. The van der Waals surface area contributed by atoms with Gasteiger partial charge in [-0.3, -0.25) is 0 Å². The molecule has 3 saturated carbocycles. The smallest absolute Gasteiger partial charge is 0.0314 e. The number of nitrogens with two attached hydrogens (primary N) is 2. The van der Waals surface area contributed by atoms with Crippen molar-refractivity contribution in [2.75, 3.05) is 11.5 Å². The van der Waals surface area contributed by atoms with Crippen molar-refractivity contribution in [1.29, 1.82) is 0 Å². The SMILES string of the molecule is Nc1ccc(C2(c3ccc(N)cc3)CC3CC2C2CCCC32)cc1. The lowest BCUT2D eigenvalue weighted by Gasteiger charge is -2.44. The Morgan fingerprint density at radius 3 is 1.88 bits per heavy atom. The molecule has 5 rings (SSSR count). The quantitative estimate of drug-likeness (QED) is 0.796. The topological polar surface area (TPSA) is 52.0 Å². The van der Waals surface area contributed by atoms with Crippen LogP contribution in [0.15, 0.2) is 48.5 Å². The van der Waals surface area contributed by atoms with Crippen LogP contribution in [0.25, 0.3) is 0 Å². The number of anilines is 2. The van der Waals surface area contributed by atoms with Crippen molar-refractivity contribution in [3.63, 3.8) is 0 Å². The van der Waals surface area contributed by atoms with Gasteiger partial charge in [0, 0.05) is 16.8 Å². The normalized spacial score (nSPS) is 32.8. The van der Waals surface area contributed by atoms with Gasteiger partial charge in [0.05, 0.1) is 0 Å². The summed E-state index contributed by atoms with van der Waals surface area (Å²) in [6.45, 7) is 0. The first-order chi connectivity index (χ1) is 11.7. The minimum Gasteiger partial charge on any atom is -0.399 e. The average molecular weight is 318 g/mol. The third-order valence-electron chi connectivity index (χ3n) is 7.37. The molecular weight excluding hydrogens is 292 g/mol. The number of fused-ring (bicyclic) bond motifs is 5. The predicted octanol–water partition coefficient (Wildman–Crippen LogP) is 4.59. The van der Waals surface area contributed by atoms with Crippen LogP contribution >= 0.6 is 0 Å². The number of hydrogen-bond donors (Lipinski definition) is 2. The number of benzene rings is 2. The molecule has 0 aliphatic heterocycles. The van der Waals surface area contributed by atoms with Crippen molar-refractivity contribution in [3.05, 3.63) is 59.7 Å². The van der Waals surface area contributed by atoms with E-state index in [4.69, 9.17) is 11.5 Å². The van der Waals surface area contributed by atoms with Crippen LogP contribution in [0.5, 0.6) is 0 Å². The van der Waals surface area contributed by atoms with Gasteiger partial charge in [0.15, 0.2) is 0 Å². The van der Waals surface area contributed by atoms with Crippen molar-refractivity contribution in [3.8, 4) is 0 Å². The third-order valence-corrected chi connectivity index (χ3v) is 7.37. The van der Waals surface area contributed by atoms with Crippen LogP contribution in [0.2, 0.25) is 0 Å². The summed E-state index contributed by atoms with van der Waals surface area (Å²) in [6, 6.07) is 17.4. The summed E-state index contributed by atoms with van der Waals surface area (Å²) in [5, 5.41) is 0. The minimum atomic E-state index is 0.164. The predicted molar refractivity (Wildman–Crippen MR) is 99.5 cm³/mol. The molecule has 0 radical (unpaired) electrons. The van der Waals surface area contributed by atoms with E-state index < -0.39 is 0 Å². The van der Waals surface area contributed by atoms with E-state index in [2.05, 4.69) is 48.5 Å². The number of rotatable bonds is 2. The average Bonchev–Trinajstić information content (AvgIpc) is 3.28. The molecule has 0 heterocycles. The van der Waals surface area contributed by atoms with Crippen LogP contribution in [-0.2, 0) is 5.41 Å². The van der Waals surface area contributed by atoms with Crippen LogP contribution in [0.1, 0.15) is 43.2 Å². The molecule has 3 aliphatic carbocycles. The maximum atomic E-state index is 5.97. The molecule has 4 unspecified atom stereocenters. The maximum Gasteiger partial charge on any atom is 0.0314 e. The zero-order chi connectivity index (χ0) is 16.3. The lowest BCUT2D eigenvalue weighted by Crippen LogP contribution is -2.40. The van der Waals surface area contributed by atoms with Gasteiger partial charge in [0.1, 0.15) is 0 Å². The Hall–Kier alpha value is -1.96. The van der Waals surface area contributed by atoms with Crippen molar-refractivity contribution >= 4 is 11.4 Å². The summed E-state index contributed by atoms with van der Waals surface area (Å²) < 4.78 is 0. The fraction of sp³-hybridized carbons (Fsp3) is 0.455. The van der Waals surface area contributed by atoms with E-state index in [9.17, 15) is 0 Å². The van der Waals surface area contributed by atoms with Crippen LogP contribution in [0.4, 0.5) is 11.4 Å². The highest BCUT2D eigenvalue weighted by atomic mass is 14.7. The maximum absolute atomic E-state index is 5.97. The van der Waals surface area contributed by atoms with Gasteiger partial charge < -0.3 is 11.5 Å². The molecule has 2 aromatic rings. The first kappa shape index (κ1) is 14.4. The molecule has 2 nitrogen and oxygen atoms in total. The highest BCUT2D eigenvalue weighted by molar-refractivity contribution is 5.51. The molecular formula is C22H26N2. The minimum absolute atomic E-state index is 0.164.